The van der Waals surface area contributed by atoms with Crippen molar-refractivity contribution in [1.82, 2.24) is 19.7 Å². The molecule has 3 aromatic heterocycles. The Kier molecular flexibility index (Phi) is 6.25. The largest absolute Gasteiger partial charge is 0.302 e. The summed E-state index contributed by atoms with van der Waals surface area (Å²) >= 11 is 5.35. The number of hydrogen-bond acceptors (Lipinski definition) is 6. The lowest BCUT2D eigenvalue weighted by molar-refractivity contribution is 0.508. The third kappa shape index (κ3) is 4.36. The van der Waals surface area contributed by atoms with Crippen LogP contribution in [0.1, 0.15) is 42.8 Å². The molecule has 5 rings (SSSR count). The zero-order valence-electron chi connectivity index (χ0n) is 17.9. The van der Waals surface area contributed by atoms with Gasteiger partial charge in [0.1, 0.15) is 5.01 Å². The first kappa shape index (κ1) is 20.9. The Morgan fingerprint density at radius 3 is 2.84 bits per heavy atom. The minimum atomic E-state index is 0.789. The molecule has 1 atom stereocenters. The molecule has 1 aromatic carbocycles. The summed E-state index contributed by atoms with van der Waals surface area (Å²) < 4.78 is 2.31. The van der Waals surface area contributed by atoms with Crippen LogP contribution in [0.5, 0.6) is 0 Å². The van der Waals surface area contributed by atoms with Gasteiger partial charge < -0.3 is 4.57 Å². The molecule has 0 N–H and O–H groups in total. The second kappa shape index (κ2) is 9.27. The quantitative estimate of drug-likeness (QED) is 0.276. The number of thioether (sulfide) groups is 1. The van der Waals surface area contributed by atoms with Gasteiger partial charge in [-0.05, 0) is 37.2 Å². The third-order valence-electron chi connectivity index (χ3n) is 5.73. The molecule has 0 radical (unpaired) electrons. The molecule has 160 valence electrons. The standard InChI is InChI=1S/C24H26N4S3/c1-3-11-28-22(20-15-29-21-12-16(2)9-10-19(20)21)26-27-24(28)31-14-18-13-30-23(25-18)17-7-5-4-6-8-17/h4-8,13,15-16H,3,9-12,14H2,1-2H3/t16-/m1/s1. The summed E-state index contributed by atoms with van der Waals surface area (Å²) in [5.74, 6) is 2.64. The number of fused-ring (bicyclic) bond motifs is 1. The normalized spacial score (nSPS) is 15.9. The van der Waals surface area contributed by atoms with Crippen molar-refractivity contribution >= 4 is 34.4 Å². The Hall–Kier alpha value is -1.96. The molecule has 0 saturated heterocycles. The van der Waals surface area contributed by atoms with Gasteiger partial charge in [0.25, 0.3) is 0 Å². The van der Waals surface area contributed by atoms with E-state index in [4.69, 9.17) is 4.98 Å². The van der Waals surface area contributed by atoms with E-state index in [0.29, 0.717) is 0 Å². The molecule has 4 aromatic rings. The topological polar surface area (TPSA) is 43.6 Å². The Morgan fingerprint density at radius 1 is 1.13 bits per heavy atom. The van der Waals surface area contributed by atoms with E-state index < -0.39 is 0 Å². The molecule has 7 heteroatoms. The van der Waals surface area contributed by atoms with Crippen LogP contribution >= 0.6 is 34.4 Å². The SMILES string of the molecule is CCCn1c(SCc2csc(-c3ccccc3)n2)nnc1-c1csc2c1CC[C@@H](C)C2. The molecule has 0 amide bonds. The molecule has 0 saturated carbocycles. The Labute approximate surface area is 195 Å². The maximum absolute atomic E-state index is 4.83. The molecule has 0 unspecified atom stereocenters. The Balaban J connectivity index is 1.37. The fraction of sp³-hybridized carbons (Fsp3) is 0.375. The van der Waals surface area contributed by atoms with E-state index in [1.54, 1.807) is 28.0 Å². The summed E-state index contributed by atoms with van der Waals surface area (Å²) in [6.07, 6.45) is 4.71. The minimum Gasteiger partial charge on any atom is -0.302 e. The van der Waals surface area contributed by atoms with Gasteiger partial charge in [0.05, 0.1) is 5.69 Å². The maximum Gasteiger partial charge on any atom is 0.191 e. The van der Waals surface area contributed by atoms with Crippen molar-refractivity contribution in [1.29, 1.82) is 0 Å². The van der Waals surface area contributed by atoms with Gasteiger partial charge in [-0.1, -0.05) is 55.9 Å². The number of nitrogens with zero attached hydrogens (tertiary/aromatic N) is 4. The molecular weight excluding hydrogens is 440 g/mol. The van der Waals surface area contributed by atoms with Crippen molar-refractivity contribution in [3.05, 3.63) is 57.2 Å². The van der Waals surface area contributed by atoms with Crippen LogP contribution in [0.4, 0.5) is 0 Å². The first-order valence-electron chi connectivity index (χ1n) is 10.9. The van der Waals surface area contributed by atoms with Crippen LogP contribution in [0.25, 0.3) is 22.0 Å². The van der Waals surface area contributed by atoms with E-state index in [-0.39, 0.29) is 0 Å². The molecule has 3 heterocycles. The van der Waals surface area contributed by atoms with E-state index in [2.05, 4.69) is 63.6 Å². The maximum atomic E-state index is 4.83. The average molecular weight is 467 g/mol. The van der Waals surface area contributed by atoms with Crippen LogP contribution in [0.2, 0.25) is 0 Å². The van der Waals surface area contributed by atoms with E-state index in [1.807, 2.05) is 17.4 Å². The van der Waals surface area contributed by atoms with E-state index in [0.717, 1.165) is 52.7 Å². The Bertz CT molecular complexity index is 1160. The van der Waals surface area contributed by atoms with Crippen LogP contribution in [0, 0.1) is 5.92 Å². The van der Waals surface area contributed by atoms with Gasteiger partial charge in [-0.25, -0.2) is 4.98 Å². The fourth-order valence-corrected chi connectivity index (χ4v) is 7.14. The Morgan fingerprint density at radius 2 is 2.00 bits per heavy atom. The fourth-order valence-electron chi connectivity index (χ4n) is 4.11. The highest BCUT2D eigenvalue weighted by atomic mass is 32.2. The number of benzene rings is 1. The number of rotatable bonds is 7. The van der Waals surface area contributed by atoms with Crippen molar-refractivity contribution in [3.8, 4) is 22.0 Å². The molecule has 4 nitrogen and oxygen atoms in total. The first-order chi connectivity index (χ1) is 15.2. The number of thiazole rings is 1. The summed E-state index contributed by atoms with van der Waals surface area (Å²) in [6.45, 7) is 5.52. The predicted octanol–water partition coefficient (Wildman–Crippen LogP) is 6.96. The van der Waals surface area contributed by atoms with Gasteiger partial charge in [-0.2, -0.15) is 0 Å². The molecule has 0 spiro atoms. The first-order valence-corrected chi connectivity index (χ1v) is 13.6. The van der Waals surface area contributed by atoms with Crippen molar-refractivity contribution in [3.63, 3.8) is 0 Å². The van der Waals surface area contributed by atoms with E-state index in [1.165, 1.54) is 29.5 Å². The van der Waals surface area contributed by atoms with Gasteiger partial charge in [0.15, 0.2) is 11.0 Å². The number of aromatic nitrogens is 4. The molecule has 1 aliphatic rings. The highest BCUT2D eigenvalue weighted by Crippen LogP contribution is 2.38. The van der Waals surface area contributed by atoms with Crippen LogP contribution < -0.4 is 0 Å². The lowest BCUT2D eigenvalue weighted by atomic mass is 9.88. The second-order valence-electron chi connectivity index (χ2n) is 8.16. The van der Waals surface area contributed by atoms with Crippen molar-refractivity contribution < 1.29 is 0 Å². The molecule has 1 aliphatic carbocycles. The van der Waals surface area contributed by atoms with Crippen molar-refractivity contribution in [2.45, 2.75) is 57.0 Å². The smallest absolute Gasteiger partial charge is 0.191 e. The van der Waals surface area contributed by atoms with Crippen LogP contribution in [0.3, 0.4) is 0 Å². The zero-order chi connectivity index (χ0) is 21.2. The summed E-state index contributed by atoms with van der Waals surface area (Å²) in [4.78, 5) is 6.38. The van der Waals surface area contributed by atoms with Crippen molar-refractivity contribution in [2.24, 2.45) is 5.92 Å². The summed E-state index contributed by atoms with van der Waals surface area (Å²) in [5.41, 5.74) is 5.09. The lowest BCUT2D eigenvalue weighted by Crippen LogP contribution is -2.10. The molecular formula is C24H26N4S3. The van der Waals surface area contributed by atoms with Gasteiger partial charge >= 0.3 is 0 Å². The average Bonchev–Trinajstić information content (AvgIpc) is 3.51. The lowest BCUT2D eigenvalue weighted by Gasteiger charge is -2.19. The van der Waals surface area contributed by atoms with E-state index >= 15 is 0 Å². The highest BCUT2D eigenvalue weighted by Gasteiger charge is 2.24. The van der Waals surface area contributed by atoms with Crippen molar-refractivity contribution in [2.75, 3.05) is 0 Å². The van der Waals surface area contributed by atoms with Gasteiger partial charge in [-0.15, -0.1) is 32.9 Å². The summed E-state index contributed by atoms with van der Waals surface area (Å²) in [6, 6.07) is 10.4. The summed E-state index contributed by atoms with van der Waals surface area (Å²) in [7, 11) is 0. The predicted molar refractivity (Wildman–Crippen MR) is 132 cm³/mol. The van der Waals surface area contributed by atoms with Crippen LogP contribution in [-0.2, 0) is 25.1 Å². The monoisotopic (exact) mass is 466 g/mol. The van der Waals surface area contributed by atoms with Crippen LogP contribution in [0.15, 0.2) is 46.2 Å². The molecule has 0 fully saturated rings. The number of thiophene rings is 1. The highest BCUT2D eigenvalue weighted by molar-refractivity contribution is 7.98. The number of hydrogen-bond donors (Lipinski definition) is 0. The molecule has 31 heavy (non-hydrogen) atoms. The third-order valence-corrected chi connectivity index (χ3v) is 8.72. The molecule has 0 aliphatic heterocycles. The summed E-state index contributed by atoms with van der Waals surface area (Å²) in [5, 5.41) is 15.8. The van der Waals surface area contributed by atoms with Gasteiger partial charge in [0.2, 0.25) is 0 Å². The van der Waals surface area contributed by atoms with Gasteiger partial charge in [0, 0.05) is 39.1 Å². The van der Waals surface area contributed by atoms with Crippen LogP contribution in [-0.4, -0.2) is 19.7 Å². The minimum absolute atomic E-state index is 0.789. The zero-order valence-corrected chi connectivity index (χ0v) is 20.3. The molecule has 0 bridgehead atoms. The van der Waals surface area contributed by atoms with E-state index in [9.17, 15) is 0 Å². The van der Waals surface area contributed by atoms with Gasteiger partial charge in [-0.3, -0.25) is 0 Å². The second-order valence-corrected chi connectivity index (χ2v) is 10.9.